The van der Waals surface area contributed by atoms with E-state index in [0.29, 0.717) is 12.5 Å². The van der Waals surface area contributed by atoms with Crippen LogP contribution in [-0.2, 0) is 6.42 Å². The Balaban J connectivity index is 1.86. The molecule has 1 aromatic heterocycles. The van der Waals surface area contributed by atoms with E-state index >= 15 is 0 Å². The van der Waals surface area contributed by atoms with E-state index in [4.69, 9.17) is 0 Å². The highest BCUT2D eigenvalue weighted by atomic mass is 32.1. The highest BCUT2D eigenvalue weighted by Gasteiger charge is 2.27. The van der Waals surface area contributed by atoms with Gasteiger partial charge in [-0.2, -0.15) is 0 Å². The average molecular weight is 267 g/mol. The Bertz CT molecular complexity index is 421. The van der Waals surface area contributed by atoms with E-state index in [2.05, 4.69) is 19.2 Å². The number of aryl methyl sites for hydroxylation is 2. The van der Waals surface area contributed by atoms with Crippen LogP contribution >= 0.6 is 11.3 Å². The van der Waals surface area contributed by atoms with E-state index in [9.17, 15) is 9.90 Å². The molecule has 0 radical (unpaired) electrons. The number of thiophene rings is 1. The first-order valence-corrected chi connectivity index (χ1v) is 7.47. The molecule has 1 fully saturated rings. The van der Waals surface area contributed by atoms with Crippen LogP contribution in [0.3, 0.4) is 0 Å². The number of aliphatic hydroxyl groups excluding tert-OH is 1. The van der Waals surface area contributed by atoms with Crippen LogP contribution in [0.1, 0.15) is 46.3 Å². The van der Waals surface area contributed by atoms with Gasteiger partial charge in [-0.1, -0.05) is 13.3 Å². The zero-order valence-corrected chi connectivity index (χ0v) is 11.8. The minimum Gasteiger partial charge on any atom is -0.393 e. The first-order chi connectivity index (χ1) is 8.60. The topological polar surface area (TPSA) is 49.3 Å². The molecular weight excluding hydrogens is 246 g/mol. The number of aliphatic hydroxyl groups is 1. The molecule has 2 rings (SSSR count). The van der Waals surface area contributed by atoms with E-state index < -0.39 is 0 Å². The van der Waals surface area contributed by atoms with Gasteiger partial charge in [0.1, 0.15) is 0 Å². The lowest BCUT2D eigenvalue weighted by atomic mass is 9.82. The average Bonchev–Trinajstić information content (AvgIpc) is 2.65. The van der Waals surface area contributed by atoms with Gasteiger partial charge in [0.2, 0.25) is 0 Å². The van der Waals surface area contributed by atoms with E-state index in [1.54, 1.807) is 11.3 Å². The molecule has 4 heteroatoms. The van der Waals surface area contributed by atoms with Crippen molar-refractivity contribution in [2.45, 2.75) is 45.6 Å². The Kier molecular flexibility index (Phi) is 4.40. The molecule has 0 spiro atoms. The molecule has 0 bridgehead atoms. The van der Waals surface area contributed by atoms with Gasteiger partial charge in [0.15, 0.2) is 0 Å². The summed E-state index contributed by atoms with van der Waals surface area (Å²) < 4.78 is 0. The second-order valence-corrected chi connectivity index (χ2v) is 6.40. The second kappa shape index (κ2) is 5.85. The zero-order valence-electron chi connectivity index (χ0n) is 11.0. The summed E-state index contributed by atoms with van der Waals surface area (Å²) in [7, 11) is 0. The molecule has 0 aromatic carbocycles. The number of hydrogen-bond acceptors (Lipinski definition) is 3. The summed E-state index contributed by atoms with van der Waals surface area (Å²) in [6, 6.07) is 2.02. The fourth-order valence-electron chi connectivity index (χ4n) is 2.34. The lowest BCUT2D eigenvalue weighted by Gasteiger charge is -2.31. The van der Waals surface area contributed by atoms with Gasteiger partial charge in [-0.25, -0.2) is 0 Å². The van der Waals surface area contributed by atoms with Crippen LogP contribution in [-0.4, -0.2) is 23.7 Å². The SMILES string of the molecule is CCCc1cc(C(=O)NCC2CC(O)C2)sc1C. The molecule has 1 aromatic rings. The molecule has 100 valence electrons. The maximum Gasteiger partial charge on any atom is 0.261 e. The Morgan fingerprint density at radius 2 is 2.28 bits per heavy atom. The summed E-state index contributed by atoms with van der Waals surface area (Å²) in [6.45, 7) is 4.92. The number of nitrogens with one attached hydrogen (secondary N) is 1. The zero-order chi connectivity index (χ0) is 13.1. The van der Waals surface area contributed by atoms with Crippen molar-refractivity contribution in [3.05, 3.63) is 21.4 Å². The van der Waals surface area contributed by atoms with Gasteiger partial charge in [-0.15, -0.1) is 11.3 Å². The van der Waals surface area contributed by atoms with Crippen LogP contribution in [0.2, 0.25) is 0 Å². The minimum absolute atomic E-state index is 0.0341. The summed E-state index contributed by atoms with van der Waals surface area (Å²) >= 11 is 1.58. The number of carbonyl (C=O) groups excluding carboxylic acids is 1. The van der Waals surface area contributed by atoms with Crippen LogP contribution in [0.15, 0.2) is 6.07 Å². The molecule has 0 unspecified atom stereocenters. The third-order valence-corrected chi connectivity index (χ3v) is 4.62. The fraction of sp³-hybridized carbons (Fsp3) is 0.643. The Labute approximate surface area is 112 Å². The van der Waals surface area contributed by atoms with Crippen molar-refractivity contribution >= 4 is 17.2 Å². The first-order valence-electron chi connectivity index (χ1n) is 6.65. The van der Waals surface area contributed by atoms with Crippen molar-refractivity contribution in [3.63, 3.8) is 0 Å². The third-order valence-electron chi connectivity index (χ3n) is 3.53. The van der Waals surface area contributed by atoms with E-state index in [1.165, 1.54) is 10.4 Å². The summed E-state index contributed by atoms with van der Waals surface area (Å²) in [5.41, 5.74) is 1.30. The molecule has 3 nitrogen and oxygen atoms in total. The van der Waals surface area contributed by atoms with Gasteiger partial charge in [-0.3, -0.25) is 4.79 Å². The van der Waals surface area contributed by atoms with Crippen molar-refractivity contribution < 1.29 is 9.90 Å². The molecule has 1 aliphatic carbocycles. The fourth-order valence-corrected chi connectivity index (χ4v) is 3.33. The molecule has 0 atom stereocenters. The van der Waals surface area contributed by atoms with Crippen molar-refractivity contribution in [3.8, 4) is 0 Å². The molecule has 18 heavy (non-hydrogen) atoms. The van der Waals surface area contributed by atoms with Gasteiger partial charge in [0.25, 0.3) is 5.91 Å². The van der Waals surface area contributed by atoms with Crippen molar-refractivity contribution in [2.75, 3.05) is 6.54 Å². The normalized spacial score (nSPS) is 22.6. The smallest absolute Gasteiger partial charge is 0.261 e. The van der Waals surface area contributed by atoms with Crippen LogP contribution in [0.25, 0.3) is 0 Å². The summed E-state index contributed by atoms with van der Waals surface area (Å²) in [4.78, 5) is 14.0. The number of carbonyl (C=O) groups is 1. The second-order valence-electron chi connectivity index (χ2n) is 5.14. The molecular formula is C14H21NO2S. The monoisotopic (exact) mass is 267 g/mol. The standard InChI is InChI=1S/C14H21NO2S/c1-3-4-11-7-13(18-9(11)2)14(17)15-8-10-5-12(16)6-10/h7,10,12,16H,3-6,8H2,1-2H3,(H,15,17). The Hall–Kier alpha value is -0.870. The van der Waals surface area contributed by atoms with E-state index in [0.717, 1.165) is 30.6 Å². The third kappa shape index (κ3) is 3.12. The maximum atomic E-state index is 12.0. The quantitative estimate of drug-likeness (QED) is 0.861. The predicted octanol–water partition coefficient (Wildman–Crippen LogP) is 2.51. The molecule has 1 aliphatic rings. The highest BCUT2D eigenvalue weighted by Crippen LogP contribution is 2.27. The van der Waals surface area contributed by atoms with Crippen LogP contribution in [0.5, 0.6) is 0 Å². The maximum absolute atomic E-state index is 12.0. The predicted molar refractivity (Wildman–Crippen MR) is 74.1 cm³/mol. The molecule has 1 heterocycles. The van der Waals surface area contributed by atoms with Gasteiger partial charge in [0.05, 0.1) is 11.0 Å². The Morgan fingerprint density at radius 3 is 2.89 bits per heavy atom. The van der Waals surface area contributed by atoms with Gasteiger partial charge < -0.3 is 10.4 Å². The van der Waals surface area contributed by atoms with Crippen molar-refractivity contribution in [2.24, 2.45) is 5.92 Å². The lowest BCUT2D eigenvalue weighted by Crippen LogP contribution is -2.38. The van der Waals surface area contributed by atoms with Crippen molar-refractivity contribution in [1.29, 1.82) is 0 Å². The van der Waals surface area contributed by atoms with Gasteiger partial charge in [-0.05, 0) is 43.7 Å². The number of hydrogen-bond donors (Lipinski definition) is 2. The van der Waals surface area contributed by atoms with E-state index in [1.807, 2.05) is 6.07 Å². The number of rotatable bonds is 5. The molecule has 0 saturated heterocycles. The molecule has 2 N–H and O–H groups in total. The summed E-state index contributed by atoms with van der Waals surface area (Å²) in [5.74, 6) is 0.493. The lowest BCUT2D eigenvalue weighted by molar-refractivity contribution is 0.0420. The Morgan fingerprint density at radius 1 is 1.56 bits per heavy atom. The minimum atomic E-state index is -0.146. The first kappa shape index (κ1) is 13.6. The number of amides is 1. The van der Waals surface area contributed by atoms with Gasteiger partial charge in [0, 0.05) is 11.4 Å². The van der Waals surface area contributed by atoms with Crippen LogP contribution < -0.4 is 5.32 Å². The van der Waals surface area contributed by atoms with Crippen LogP contribution in [0, 0.1) is 12.8 Å². The van der Waals surface area contributed by atoms with Crippen LogP contribution in [0.4, 0.5) is 0 Å². The molecule has 1 saturated carbocycles. The van der Waals surface area contributed by atoms with Gasteiger partial charge >= 0.3 is 0 Å². The largest absolute Gasteiger partial charge is 0.393 e. The van der Waals surface area contributed by atoms with E-state index in [-0.39, 0.29) is 12.0 Å². The van der Waals surface area contributed by atoms with Crippen molar-refractivity contribution in [1.82, 2.24) is 5.32 Å². The highest BCUT2D eigenvalue weighted by molar-refractivity contribution is 7.14. The molecule has 0 aliphatic heterocycles. The summed E-state index contributed by atoms with van der Waals surface area (Å²) in [5, 5.41) is 12.2. The summed E-state index contributed by atoms with van der Waals surface area (Å²) in [6.07, 6.45) is 3.66. The molecule has 1 amide bonds.